The Bertz CT molecular complexity index is 918. The van der Waals surface area contributed by atoms with Gasteiger partial charge in [0.15, 0.2) is 5.82 Å². The van der Waals surface area contributed by atoms with Crippen LogP contribution in [0.25, 0.3) is 11.3 Å². The van der Waals surface area contributed by atoms with E-state index in [1.807, 2.05) is 37.3 Å². The zero-order valence-electron chi connectivity index (χ0n) is 15.8. The number of benzene rings is 1. The molecule has 0 unspecified atom stereocenters. The largest absolute Gasteiger partial charge is 0.355 e. The molecule has 1 aromatic carbocycles. The van der Waals surface area contributed by atoms with E-state index in [0.29, 0.717) is 12.1 Å². The van der Waals surface area contributed by atoms with Crippen molar-refractivity contribution >= 4 is 11.7 Å². The van der Waals surface area contributed by atoms with E-state index in [-0.39, 0.29) is 11.9 Å². The number of carbonyl (C=O) groups excluding carboxylic acids is 1. The fraction of sp³-hybridized carbons (Fsp3) is 0.350. The highest BCUT2D eigenvalue weighted by molar-refractivity contribution is 5.95. The topological polar surface area (TPSA) is 88.8 Å². The number of hydrogen-bond donors (Lipinski definition) is 1. The molecule has 144 valence electrons. The summed E-state index contributed by atoms with van der Waals surface area (Å²) in [6.45, 7) is 4.58. The first-order valence-electron chi connectivity index (χ1n) is 9.51. The highest BCUT2D eigenvalue weighted by atomic mass is 16.1. The number of anilines is 1. The molecule has 0 saturated carbocycles. The summed E-state index contributed by atoms with van der Waals surface area (Å²) >= 11 is 0. The van der Waals surface area contributed by atoms with Gasteiger partial charge in [0.05, 0.1) is 12.2 Å². The van der Waals surface area contributed by atoms with Gasteiger partial charge in [-0.2, -0.15) is 5.10 Å². The Morgan fingerprint density at radius 3 is 2.75 bits per heavy atom. The van der Waals surface area contributed by atoms with Gasteiger partial charge in [-0.15, -0.1) is 10.2 Å². The predicted molar refractivity (Wildman–Crippen MR) is 106 cm³/mol. The van der Waals surface area contributed by atoms with Gasteiger partial charge in [0.1, 0.15) is 12.7 Å². The minimum atomic E-state index is -0.129. The summed E-state index contributed by atoms with van der Waals surface area (Å²) in [6, 6.07) is 11.3. The summed E-state index contributed by atoms with van der Waals surface area (Å²) in [5.74, 6) is 0.785. The molecular formula is C20H23N7O. The van der Waals surface area contributed by atoms with Crippen LogP contribution in [0.2, 0.25) is 0 Å². The molecule has 1 saturated heterocycles. The molecule has 3 aromatic rings. The number of nitrogens with zero attached hydrogens (tertiary/aromatic N) is 6. The van der Waals surface area contributed by atoms with E-state index < -0.39 is 0 Å². The van der Waals surface area contributed by atoms with Crippen molar-refractivity contribution in [2.45, 2.75) is 32.4 Å². The summed E-state index contributed by atoms with van der Waals surface area (Å²) < 4.78 is 1.69. The van der Waals surface area contributed by atoms with E-state index in [1.54, 1.807) is 17.1 Å². The lowest BCUT2D eigenvalue weighted by molar-refractivity contribution is 0.0936. The van der Waals surface area contributed by atoms with Crippen molar-refractivity contribution in [2.75, 3.05) is 18.0 Å². The molecule has 0 aliphatic carbocycles. The molecule has 0 spiro atoms. The molecule has 2 aromatic heterocycles. The van der Waals surface area contributed by atoms with E-state index in [9.17, 15) is 4.79 Å². The van der Waals surface area contributed by atoms with E-state index in [2.05, 4.69) is 30.5 Å². The molecule has 0 radical (unpaired) electrons. The highest BCUT2D eigenvalue weighted by Gasteiger charge is 2.15. The van der Waals surface area contributed by atoms with E-state index in [0.717, 1.165) is 30.2 Å². The van der Waals surface area contributed by atoms with Gasteiger partial charge in [-0.1, -0.05) is 12.1 Å². The summed E-state index contributed by atoms with van der Waals surface area (Å²) in [5, 5.41) is 15.8. The van der Waals surface area contributed by atoms with Gasteiger partial charge in [-0.3, -0.25) is 9.48 Å². The first-order chi connectivity index (χ1) is 13.7. The minimum Gasteiger partial charge on any atom is -0.355 e. The monoisotopic (exact) mass is 377 g/mol. The standard InChI is InChI=1S/C20H23N7O/c1-15(12-27-14-21-13-22-27)23-20(28)17-6-4-5-16(11-17)18-7-8-19(25-24-18)26-9-2-3-10-26/h4-8,11,13-15H,2-3,9-10,12H2,1H3,(H,23,28)/t15-/m0/s1. The maximum Gasteiger partial charge on any atom is 0.251 e. The third-order valence-electron chi connectivity index (χ3n) is 4.81. The summed E-state index contributed by atoms with van der Waals surface area (Å²) in [5.41, 5.74) is 2.22. The molecule has 1 amide bonds. The summed E-state index contributed by atoms with van der Waals surface area (Å²) in [4.78, 5) is 18.8. The van der Waals surface area contributed by atoms with Gasteiger partial charge in [0, 0.05) is 30.3 Å². The fourth-order valence-corrected chi connectivity index (χ4v) is 3.37. The van der Waals surface area contributed by atoms with E-state index in [1.165, 1.54) is 19.2 Å². The van der Waals surface area contributed by atoms with Crippen LogP contribution < -0.4 is 10.2 Å². The van der Waals surface area contributed by atoms with Crippen molar-refractivity contribution in [3.05, 3.63) is 54.6 Å². The molecule has 4 rings (SSSR count). The number of amides is 1. The van der Waals surface area contributed by atoms with Crippen LogP contribution in [0.3, 0.4) is 0 Å². The smallest absolute Gasteiger partial charge is 0.251 e. The van der Waals surface area contributed by atoms with Crippen LogP contribution >= 0.6 is 0 Å². The average Bonchev–Trinajstić information content (AvgIpc) is 3.42. The molecular weight excluding hydrogens is 354 g/mol. The molecule has 1 aliphatic rings. The molecule has 3 heterocycles. The molecule has 28 heavy (non-hydrogen) atoms. The molecule has 8 heteroatoms. The Labute approximate surface area is 163 Å². The second-order valence-corrected chi connectivity index (χ2v) is 7.04. The maximum absolute atomic E-state index is 12.6. The summed E-state index contributed by atoms with van der Waals surface area (Å²) in [7, 11) is 0. The maximum atomic E-state index is 12.6. The highest BCUT2D eigenvalue weighted by Crippen LogP contribution is 2.21. The minimum absolute atomic E-state index is 0.0719. The van der Waals surface area contributed by atoms with Crippen LogP contribution in [-0.4, -0.2) is 50.0 Å². The van der Waals surface area contributed by atoms with Gasteiger partial charge in [-0.25, -0.2) is 4.98 Å². The number of aromatic nitrogens is 5. The van der Waals surface area contributed by atoms with Crippen molar-refractivity contribution in [3.8, 4) is 11.3 Å². The van der Waals surface area contributed by atoms with Crippen molar-refractivity contribution < 1.29 is 4.79 Å². The Balaban J connectivity index is 1.44. The van der Waals surface area contributed by atoms with Crippen LogP contribution in [-0.2, 0) is 6.54 Å². The predicted octanol–water partition coefficient (Wildman–Crippen LogP) is 2.15. The first kappa shape index (κ1) is 18.1. The zero-order chi connectivity index (χ0) is 19.3. The lowest BCUT2D eigenvalue weighted by Crippen LogP contribution is -2.35. The number of nitrogens with one attached hydrogen (secondary N) is 1. The number of hydrogen-bond acceptors (Lipinski definition) is 6. The Morgan fingerprint density at radius 1 is 1.18 bits per heavy atom. The summed E-state index contributed by atoms with van der Waals surface area (Å²) in [6.07, 6.45) is 5.52. The number of rotatable bonds is 6. The van der Waals surface area contributed by atoms with Gasteiger partial charge in [0.25, 0.3) is 5.91 Å². The molecule has 1 fully saturated rings. The molecule has 0 bridgehead atoms. The molecule has 1 aliphatic heterocycles. The third-order valence-corrected chi connectivity index (χ3v) is 4.81. The fourth-order valence-electron chi connectivity index (χ4n) is 3.37. The normalized spacial score (nSPS) is 14.8. The molecule has 8 nitrogen and oxygen atoms in total. The number of carbonyl (C=O) groups is 1. The van der Waals surface area contributed by atoms with Gasteiger partial charge in [-0.05, 0) is 44.0 Å². The SMILES string of the molecule is C[C@@H](Cn1cncn1)NC(=O)c1cccc(-c2ccc(N3CCCC3)nn2)c1. The van der Waals surface area contributed by atoms with Crippen LogP contribution in [0.15, 0.2) is 49.1 Å². The van der Waals surface area contributed by atoms with Gasteiger partial charge >= 0.3 is 0 Å². The van der Waals surface area contributed by atoms with Crippen molar-refractivity contribution in [1.29, 1.82) is 0 Å². The van der Waals surface area contributed by atoms with Crippen LogP contribution in [0, 0.1) is 0 Å². The second-order valence-electron chi connectivity index (χ2n) is 7.04. The van der Waals surface area contributed by atoms with Crippen LogP contribution in [0.5, 0.6) is 0 Å². The Morgan fingerprint density at radius 2 is 2.04 bits per heavy atom. The van der Waals surface area contributed by atoms with Crippen LogP contribution in [0.4, 0.5) is 5.82 Å². The lowest BCUT2D eigenvalue weighted by atomic mass is 10.1. The Hall–Kier alpha value is -3.29. The van der Waals surface area contributed by atoms with Crippen molar-refractivity contribution in [1.82, 2.24) is 30.3 Å². The van der Waals surface area contributed by atoms with Crippen molar-refractivity contribution in [3.63, 3.8) is 0 Å². The Kier molecular flexibility index (Phi) is 5.27. The van der Waals surface area contributed by atoms with Crippen LogP contribution in [0.1, 0.15) is 30.1 Å². The van der Waals surface area contributed by atoms with Gasteiger partial charge in [0.2, 0.25) is 0 Å². The zero-order valence-corrected chi connectivity index (χ0v) is 15.8. The van der Waals surface area contributed by atoms with E-state index >= 15 is 0 Å². The lowest BCUT2D eigenvalue weighted by Gasteiger charge is -2.15. The second kappa shape index (κ2) is 8.16. The molecule has 1 atom stereocenters. The van der Waals surface area contributed by atoms with Gasteiger partial charge < -0.3 is 10.2 Å². The third kappa shape index (κ3) is 4.16. The van der Waals surface area contributed by atoms with Crippen molar-refractivity contribution in [2.24, 2.45) is 0 Å². The first-order valence-corrected chi connectivity index (χ1v) is 9.51. The molecule has 1 N–H and O–H groups in total. The van der Waals surface area contributed by atoms with E-state index in [4.69, 9.17) is 0 Å². The average molecular weight is 377 g/mol. The quantitative estimate of drug-likeness (QED) is 0.708.